The first-order valence-electron chi connectivity index (χ1n) is 13.2. The van der Waals surface area contributed by atoms with E-state index in [-0.39, 0.29) is 0 Å². The van der Waals surface area contributed by atoms with E-state index in [1.165, 1.54) is 28.4 Å². The van der Waals surface area contributed by atoms with Crippen LogP contribution in [0.25, 0.3) is 15.6 Å². The van der Waals surface area contributed by atoms with Crippen LogP contribution in [0.3, 0.4) is 0 Å². The zero-order valence-corrected chi connectivity index (χ0v) is 21.1. The maximum Gasteiger partial charge on any atom is 0.318 e. The molecular weight excluding hydrogens is 448 g/mol. The van der Waals surface area contributed by atoms with Crippen molar-refractivity contribution in [3.8, 4) is 6.01 Å². The van der Waals surface area contributed by atoms with E-state index in [0.29, 0.717) is 31.1 Å². The summed E-state index contributed by atoms with van der Waals surface area (Å²) in [7, 11) is 2.17. The number of likely N-dealkylation sites (N-methyl/N-ethyl adjacent to an activating group) is 1. The molecule has 0 amide bonds. The highest BCUT2D eigenvalue weighted by molar-refractivity contribution is 5.86. The van der Waals surface area contributed by atoms with Crippen molar-refractivity contribution in [2.24, 2.45) is 5.92 Å². The molecule has 6 rings (SSSR count). The summed E-state index contributed by atoms with van der Waals surface area (Å²) in [6.45, 7) is 13.1. The summed E-state index contributed by atoms with van der Waals surface area (Å²) >= 11 is 0. The van der Waals surface area contributed by atoms with E-state index >= 15 is 0 Å². The van der Waals surface area contributed by atoms with E-state index in [1.807, 2.05) is 0 Å². The average Bonchev–Trinajstić information content (AvgIpc) is 3.53. The van der Waals surface area contributed by atoms with Crippen LogP contribution >= 0.6 is 0 Å². The second kappa shape index (κ2) is 9.94. The smallest absolute Gasteiger partial charge is 0.318 e. The molecule has 0 spiro atoms. The fourth-order valence-corrected chi connectivity index (χ4v) is 5.99. The van der Waals surface area contributed by atoms with Crippen molar-refractivity contribution in [2.45, 2.75) is 44.8 Å². The molecule has 2 saturated heterocycles. The van der Waals surface area contributed by atoms with Crippen molar-refractivity contribution in [3.63, 3.8) is 0 Å². The zero-order chi connectivity index (χ0) is 24.5. The molecule has 2 fully saturated rings. The van der Waals surface area contributed by atoms with Gasteiger partial charge in [0.2, 0.25) is 6.54 Å². The maximum atomic E-state index is 7.35. The molecule has 0 radical (unpaired) electrons. The number of likely N-dealkylation sites (tertiary alicyclic amines) is 1. The van der Waals surface area contributed by atoms with Crippen LogP contribution in [0.4, 0.5) is 11.5 Å². The molecule has 2 atom stereocenters. The molecule has 4 heterocycles. The molecule has 7 nitrogen and oxygen atoms in total. The second-order valence-corrected chi connectivity index (χ2v) is 10.5. The van der Waals surface area contributed by atoms with Crippen LogP contribution in [0.2, 0.25) is 0 Å². The predicted molar refractivity (Wildman–Crippen MR) is 143 cm³/mol. The molecule has 0 unspecified atom stereocenters. The van der Waals surface area contributed by atoms with Crippen molar-refractivity contribution < 1.29 is 4.74 Å². The lowest BCUT2D eigenvalue weighted by Crippen LogP contribution is -2.38. The number of benzene rings is 2. The number of piperidine rings is 1. The monoisotopic (exact) mass is 482 g/mol. The molecule has 0 bridgehead atoms. The molecule has 2 aromatic carbocycles. The van der Waals surface area contributed by atoms with Gasteiger partial charge in [-0.15, -0.1) is 0 Å². The number of rotatable bonds is 6. The molecule has 3 aliphatic heterocycles. The lowest BCUT2D eigenvalue weighted by molar-refractivity contribution is 0.187. The fourth-order valence-electron chi connectivity index (χ4n) is 5.99. The number of ether oxygens (including phenoxy) is 1. The van der Waals surface area contributed by atoms with Gasteiger partial charge in [-0.05, 0) is 62.2 Å². The van der Waals surface area contributed by atoms with Gasteiger partial charge in [0.15, 0.2) is 0 Å². The SMILES string of the molecule is [C-]#[N+]C[C@@H]1CCCN(c2nc(OC[C@@H]3CCCN3C)nc3c2CN(c2ccc4ccccc4c2)C3)C1. The normalized spacial score (nSPS) is 22.1. The molecule has 0 aliphatic carbocycles. The molecular formula is C29H34N6O. The standard InChI is InChI=1S/C29H34N6O/c1-30-16-21-7-5-14-34(17-21)28-26-18-35(24-12-11-22-8-3-4-9-23(22)15-24)19-27(26)31-29(32-28)36-20-25-10-6-13-33(25)2/h3-4,8-9,11-12,15,21,25H,5-7,10,13-14,16-20H2,2H3/t21-,25-/m0/s1. The molecule has 0 saturated carbocycles. The van der Waals surface area contributed by atoms with E-state index < -0.39 is 0 Å². The van der Waals surface area contributed by atoms with Crippen molar-refractivity contribution in [1.82, 2.24) is 14.9 Å². The number of aromatic nitrogens is 2. The maximum absolute atomic E-state index is 7.35. The molecule has 7 heteroatoms. The Bertz CT molecular complexity index is 1290. The van der Waals surface area contributed by atoms with Crippen molar-refractivity contribution >= 4 is 22.3 Å². The summed E-state index contributed by atoms with van der Waals surface area (Å²) in [4.78, 5) is 20.8. The van der Waals surface area contributed by atoms with Gasteiger partial charge in [0.05, 0.1) is 12.2 Å². The summed E-state index contributed by atoms with van der Waals surface area (Å²) in [6.07, 6.45) is 4.59. The van der Waals surface area contributed by atoms with Gasteiger partial charge in [0, 0.05) is 42.8 Å². The van der Waals surface area contributed by atoms with E-state index in [2.05, 4.69) is 69.1 Å². The first-order chi connectivity index (χ1) is 17.7. The highest BCUT2D eigenvalue weighted by Gasteiger charge is 2.32. The number of fused-ring (bicyclic) bond motifs is 2. The summed E-state index contributed by atoms with van der Waals surface area (Å²) < 4.78 is 6.23. The van der Waals surface area contributed by atoms with Crippen LogP contribution in [0.1, 0.15) is 36.9 Å². The summed E-state index contributed by atoms with van der Waals surface area (Å²) in [6, 6.07) is 16.1. The zero-order valence-electron chi connectivity index (χ0n) is 21.1. The fraction of sp³-hybridized carbons (Fsp3) is 0.483. The van der Waals surface area contributed by atoms with E-state index in [4.69, 9.17) is 21.3 Å². The average molecular weight is 483 g/mol. The van der Waals surface area contributed by atoms with Crippen molar-refractivity contribution in [2.75, 3.05) is 49.6 Å². The van der Waals surface area contributed by atoms with Crippen molar-refractivity contribution in [1.29, 1.82) is 0 Å². The Hall–Kier alpha value is -3.37. The largest absolute Gasteiger partial charge is 0.462 e. The van der Waals surface area contributed by atoms with Crippen LogP contribution in [0.15, 0.2) is 42.5 Å². The van der Waals surface area contributed by atoms with E-state index in [1.54, 1.807) is 0 Å². The Morgan fingerprint density at radius 2 is 1.86 bits per heavy atom. The minimum Gasteiger partial charge on any atom is -0.462 e. The Morgan fingerprint density at radius 1 is 1.00 bits per heavy atom. The van der Waals surface area contributed by atoms with Gasteiger partial charge < -0.3 is 24.3 Å². The summed E-state index contributed by atoms with van der Waals surface area (Å²) in [5, 5.41) is 2.50. The molecule has 0 N–H and O–H groups in total. The van der Waals surface area contributed by atoms with Crippen LogP contribution in [0.5, 0.6) is 6.01 Å². The van der Waals surface area contributed by atoms with Gasteiger partial charge >= 0.3 is 6.01 Å². The number of hydrogen-bond donors (Lipinski definition) is 0. The van der Waals surface area contributed by atoms with Gasteiger partial charge in [-0.3, -0.25) is 0 Å². The van der Waals surface area contributed by atoms with Gasteiger partial charge in [0.25, 0.3) is 0 Å². The minimum atomic E-state index is 0.399. The van der Waals surface area contributed by atoms with Crippen molar-refractivity contribution in [3.05, 3.63) is 65.1 Å². The third-order valence-electron chi connectivity index (χ3n) is 8.08. The highest BCUT2D eigenvalue weighted by atomic mass is 16.5. The van der Waals surface area contributed by atoms with Crippen LogP contribution in [-0.2, 0) is 13.1 Å². The second-order valence-electron chi connectivity index (χ2n) is 10.5. The first-order valence-corrected chi connectivity index (χ1v) is 13.2. The Morgan fingerprint density at radius 3 is 2.69 bits per heavy atom. The Labute approximate surface area is 213 Å². The molecule has 186 valence electrons. The van der Waals surface area contributed by atoms with Gasteiger partial charge in [-0.2, -0.15) is 9.97 Å². The quantitative estimate of drug-likeness (QED) is 0.472. The van der Waals surface area contributed by atoms with Gasteiger partial charge in [-0.1, -0.05) is 30.3 Å². The van der Waals surface area contributed by atoms with E-state index in [9.17, 15) is 0 Å². The lowest BCUT2D eigenvalue weighted by Gasteiger charge is -2.32. The number of nitrogens with zero attached hydrogens (tertiary/aromatic N) is 6. The predicted octanol–water partition coefficient (Wildman–Crippen LogP) is 4.76. The third kappa shape index (κ3) is 4.58. The summed E-state index contributed by atoms with van der Waals surface area (Å²) in [5.74, 6) is 1.41. The molecule has 3 aliphatic rings. The Kier molecular flexibility index (Phi) is 6.37. The summed E-state index contributed by atoms with van der Waals surface area (Å²) in [5.41, 5.74) is 3.48. The number of anilines is 2. The topological polar surface area (TPSA) is 49.1 Å². The molecule has 36 heavy (non-hydrogen) atoms. The Balaban J connectivity index is 1.30. The minimum absolute atomic E-state index is 0.399. The lowest BCUT2D eigenvalue weighted by atomic mass is 9.98. The third-order valence-corrected chi connectivity index (χ3v) is 8.08. The molecule has 3 aromatic rings. The molecule has 1 aromatic heterocycles. The van der Waals surface area contributed by atoms with Crippen LogP contribution in [0, 0.1) is 12.5 Å². The van der Waals surface area contributed by atoms with Gasteiger partial charge in [0.1, 0.15) is 12.4 Å². The van der Waals surface area contributed by atoms with Gasteiger partial charge in [-0.25, -0.2) is 6.57 Å². The van der Waals surface area contributed by atoms with E-state index in [0.717, 1.165) is 63.5 Å². The number of hydrogen-bond acceptors (Lipinski definition) is 6. The van der Waals surface area contributed by atoms with Crippen LogP contribution in [-0.4, -0.2) is 60.7 Å². The van der Waals surface area contributed by atoms with Crippen LogP contribution < -0.4 is 14.5 Å². The first kappa shape index (κ1) is 23.1. The highest BCUT2D eigenvalue weighted by Crippen LogP contribution is 2.36.